The highest BCUT2D eigenvalue weighted by Crippen LogP contribution is 2.05. The molecule has 1 aliphatic heterocycles. The Kier molecular flexibility index (Phi) is 4.17. The van der Waals surface area contributed by atoms with Crippen molar-refractivity contribution >= 4 is 5.91 Å². The van der Waals surface area contributed by atoms with Gasteiger partial charge in [-0.2, -0.15) is 0 Å². The first kappa shape index (κ1) is 12.1. The first-order chi connectivity index (χ1) is 8.25. The second kappa shape index (κ2) is 5.84. The van der Waals surface area contributed by atoms with Crippen LogP contribution in [-0.4, -0.2) is 55.6 Å². The van der Waals surface area contributed by atoms with E-state index in [4.69, 9.17) is 9.15 Å². The maximum absolute atomic E-state index is 11.9. The van der Waals surface area contributed by atoms with Crippen molar-refractivity contribution < 1.29 is 13.9 Å². The lowest BCUT2D eigenvalue weighted by atomic mass is 10.3. The van der Waals surface area contributed by atoms with E-state index < -0.39 is 0 Å². The number of ether oxygens (including phenoxy) is 1. The van der Waals surface area contributed by atoms with Crippen LogP contribution in [0.4, 0.5) is 0 Å². The van der Waals surface area contributed by atoms with Gasteiger partial charge in [0, 0.05) is 20.1 Å². The van der Waals surface area contributed by atoms with Crippen molar-refractivity contribution in [2.45, 2.75) is 6.54 Å². The number of likely N-dealkylation sites (N-methyl/N-ethyl adjacent to an activating group) is 1. The van der Waals surface area contributed by atoms with Crippen molar-refractivity contribution in [3.63, 3.8) is 0 Å². The first-order valence-electron chi connectivity index (χ1n) is 5.82. The van der Waals surface area contributed by atoms with E-state index in [2.05, 4.69) is 4.90 Å². The zero-order valence-electron chi connectivity index (χ0n) is 10.1. The minimum Gasteiger partial charge on any atom is -0.467 e. The van der Waals surface area contributed by atoms with E-state index in [0.29, 0.717) is 13.1 Å². The summed E-state index contributed by atoms with van der Waals surface area (Å²) in [7, 11) is 1.80. The maximum atomic E-state index is 11.9. The van der Waals surface area contributed by atoms with Crippen molar-refractivity contribution in [1.82, 2.24) is 9.80 Å². The summed E-state index contributed by atoms with van der Waals surface area (Å²) in [6.45, 7) is 4.09. The lowest BCUT2D eigenvalue weighted by Crippen LogP contribution is -2.43. The molecule has 0 saturated carbocycles. The fraction of sp³-hybridized carbons (Fsp3) is 0.583. The van der Waals surface area contributed by atoms with E-state index in [1.165, 1.54) is 0 Å². The van der Waals surface area contributed by atoms with Crippen molar-refractivity contribution in [1.29, 1.82) is 0 Å². The first-order valence-corrected chi connectivity index (χ1v) is 5.82. The van der Waals surface area contributed by atoms with Crippen LogP contribution < -0.4 is 0 Å². The molecule has 0 aliphatic carbocycles. The molecule has 1 aliphatic rings. The van der Waals surface area contributed by atoms with E-state index in [0.717, 1.165) is 32.1 Å². The van der Waals surface area contributed by atoms with Crippen LogP contribution >= 0.6 is 0 Å². The fourth-order valence-electron chi connectivity index (χ4n) is 1.80. The quantitative estimate of drug-likeness (QED) is 0.769. The van der Waals surface area contributed by atoms with Crippen molar-refractivity contribution in [2.24, 2.45) is 0 Å². The third kappa shape index (κ3) is 3.57. The monoisotopic (exact) mass is 238 g/mol. The summed E-state index contributed by atoms with van der Waals surface area (Å²) >= 11 is 0. The number of furan rings is 1. The predicted molar refractivity (Wildman–Crippen MR) is 62.4 cm³/mol. The van der Waals surface area contributed by atoms with Crippen LogP contribution in [0.5, 0.6) is 0 Å². The zero-order chi connectivity index (χ0) is 12.1. The third-order valence-corrected chi connectivity index (χ3v) is 2.86. The summed E-state index contributed by atoms with van der Waals surface area (Å²) in [4.78, 5) is 15.7. The van der Waals surface area contributed by atoms with Crippen molar-refractivity contribution in [3.05, 3.63) is 24.2 Å². The molecule has 0 radical (unpaired) electrons. The number of hydrogen-bond acceptors (Lipinski definition) is 4. The summed E-state index contributed by atoms with van der Waals surface area (Å²) in [5.41, 5.74) is 0. The summed E-state index contributed by atoms with van der Waals surface area (Å²) < 4.78 is 10.5. The Labute approximate surface area is 101 Å². The van der Waals surface area contributed by atoms with Gasteiger partial charge in [0.15, 0.2) is 0 Å². The standard InChI is InChI=1S/C12H18N2O3/c1-13(9-11-3-2-6-17-11)12(15)10-14-4-7-16-8-5-14/h2-3,6H,4-5,7-10H2,1H3. The topological polar surface area (TPSA) is 45.9 Å². The molecular formula is C12H18N2O3. The van der Waals surface area contributed by atoms with Gasteiger partial charge in [-0.3, -0.25) is 9.69 Å². The molecule has 1 amide bonds. The second-order valence-electron chi connectivity index (χ2n) is 4.22. The smallest absolute Gasteiger partial charge is 0.236 e. The van der Waals surface area contributed by atoms with Gasteiger partial charge in [-0.05, 0) is 12.1 Å². The van der Waals surface area contributed by atoms with Gasteiger partial charge in [0.1, 0.15) is 5.76 Å². The molecule has 5 heteroatoms. The van der Waals surface area contributed by atoms with E-state index in [1.807, 2.05) is 12.1 Å². The molecule has 17 heavy (non-hydrogen) atoms. The Hall–Kier alpha value is -1.33. The van der Waals surface area contributed by atoms with Gasteiger partial charge in [-0.1, -0.05) is 0 Å². The molecule has 0 spiro atoms. The SMILES string of the molecule is CN(Cc1ccco1)C(=O)CN1CCOCC1. The molecular weight excluding hydrogens is 220 g/mol. The number of nitrogens with zero attached hydrogens (tertiary/aromatic N) is 2. The molecule has 1 aromatic heterocycles. The van der Waals surface area contributed by atoms with Crippen LogP contribution in [0.1, 0.15) is 5.76 Å². The van der Waals surface area contributed by atoms with E-state index >= 15 is 0 Å². The Morgan fingerprint density at radius 3 is 2.88 bits per heavy atom. The van der Waals surface area contributed by atoms with E-state index in [1.54, 1.807) is 18.2 Å². The average molecular weight is 238 g/mol. The van der Waals surface area contributed by atoms with E-state index in [9.17, 15) is 4.79 Å². The van der Waals surface area contributed by atoms with Gasteiger partial charge < -0.3 is 14.1 Å². The molecule has 2 heterocycles. The van der Waals surface area contributed by atoms with E-state index in [-0.39, 0.29) is 5.91 Å². The van der Waals surface area contributed by atoms with Gasteiger partial charge in [0.25, 0.3) is 0 Å². The van der Waals surface area contributed by atoms with Crippen LogP contribution in [0.25, 0.3) is 0 Å². The van der Waals surface area contributed by atoms with Gasteiger partial charge in [-0.25, -0.2) is 0 Å². The van der Waals surface area contributed by atoms with Gasteiger partial charge in [0.2, 0.25) is 5.91 Å². The Balaban J connectivity index is 1.78. The molecule has 0 aromatic carbocycles. The summed E-state index contributed by atoms with van der Waals surface area (Å²) in [5.74, 6) is 0.922. The normalized spacial score (nSPS) is 17.0. The number of carbonyl (C=O) groups is 1. The van der Waals surface area contributed by atoms with Gasteiger partial charge in [-0.15, -0.1) is 0 Å². The van der Waals surface area contributed by atoms with Crippen LogP contribution in [0, 0.1) is 0 Å². The van der Waals surface area contributed by atoms with Gasteiger partial charge >= 0.3 is 0 Å². The fourth-order valence-corrected chi connectivity index (χ4v) is 1.80. The largest absolute Gasteiger partial charge is 0.467 e. The number of amides is 1. The molecule has 0 unspecified atom stereocenters. The number of rotatable bonds is 4. The maximum Gasteiger partial charge on any atom is 0.236 e. The van der Waals surface area contributed by atoms with Crippen molar-refractivity contribution in [2.75, 3.05) is 39.9 Å². The highest BCUT2D eigenvalue weighted by atomic mass is 16.5. The summed E-state index contributed by atoms with van der Waals surface area (Å²) in [6.07, 6.45) is 1.62. The van der Waals surface area contributed by atoms with Crippen molar-refractivity contribution in [3.8, 4) is 0 Å². The number of hydrogen-bond donors (Lipinski definition) is 0. The average Bonchev–Trinajstić information content (AvgIpc) is 2.83. The Morgan fingerprint density at radius 2 is 2.24 bits per heavy atom. The van der Waals surface area contributed by atoms with Gasteiger partial charge in [0.05, 0.1) is 32.6 Å². The molecule has 2 rings (SSSR count). The Bertz CT molecular complexity index is 345. The summed E-state index contributed by atoms with van der Waals surface area (Å²) in [5, 5.41) is 0. The minimum atomic E-state index is 0.114. The lowest BCUT2D eigenvalue weighted by Gasteiger charge is -2.27. The predicted octanol–water partition coefficient (Wildman–Crippen LogP) is 0.570. The molecule has 94 valence electrons. The molecule has 5 nitrogen and oxygen atoms in total. The number of carbonyl (C=O) groups excluding carboxylic acids is 1. The minimum absolute atomic E-state index is 0.114. The molecule has 1 saturated heterocycles. The molecule has 1 fully saturated rings. The third-order valence-electron chi connectivity index (χ3n) is 2.86. The summed E-state index contributed by atoms with van der Waals surface area (Å²) in [6, 6.07) is 3.70. The van der Waals surface area contributed by atoms with Crippen LogP contribution in [0.2, 0.25) is 0 Å². The highest BCUT2D eigenvalue weighted by Gasteiger charge is 2.17. The highest BCUT2D eigenvalue weighted by molar-refractivity contribution is 5.77. The molecule has 1 aromatic rings. The Morgan fingerprint density at radius 1 is 1.47 bits per heavy atom. The zero-order valence-corrected chi connectivity index (χ0v) is 10.1. The second-order valence-corrected chi connectivity index (χ2v) is 4.22. The molecule has 0 atom stereocenters. The van der Waals surface area contributed by atoms with Crippen LogP contribution in [-0.2, 0) is 16.1 Å². The molecule has 0 N–H and O–H groups in total. The van der Waals surface area contributed by atoms with Crippen LogP contribution in [0.15, 0.2) is 22.8 Å². The van der Waals surface area contributed by atoms with Crippen LogP contribution in [0.3, 0.4) is 0 Å². The lowest BCUT2D eigenvalue weighted by molar-refractivity contribution is -0.132. The molecule has 0 bridgehead atoms. The number of morpholine rings is 1.